The molecule has 2 N–H and O–H groups in total. The van der Waals surface area contributed by atoms with E-state index in [4.69, 9.17) is 0 Å². The van der Waals surface area contributed by atoms with Gasteiger partial charge in [0.05, 0.1) is 5.56 Å². The predicted octanol–water partition coefficient (Wildman–Crippen LogP) is 1.64. The lowest BCUT2D eigenvalue weighted by Gasteiger charge is -2.23. The van der Waals surface area contributed by atoms with Gasteiger partial charge in [0.2, 0.25) is 0 Å². The summed E-state index contributed by atoms with van der Waals surface area (Å²) >= 11 is 3.37. The summed E-state index contributed by atoms with van der Waals surface area (Å²) in [7, 11) is 3.77. The fourth-order valence-corrected chi connectivity index (χ4v) is 2.72. The summed E-state index contributed by atoms with van der Waals surface area (Å²) in [5.74, 6) is 1.15. The first-order valence-electron chi connectivity index (χ1n) is 6.89. The van der Waals surface area contributed by atoms with Crippen molar-refractivity contribution in [3.63, 3.8) is 0 Å². The van der Waals surface area contributed by atoms with Gasteiger partial charge in [-0.2, -0.15) is 0 Å². The molecule has 1 fully saturated rings. The van der Waals surface area contributed by atoms with Gasteiger partial charge in [-0.3, -0.25) is 4.79 Å². The summed E-state index contributed by atoms with van der Waals surface area (Å²) in [6.45, 7) is 2.79. The minimum absolute atomic E-state index is 0.0620. The number of carbonyl (C=O) groups excluding carboxylic acids is 1. The van der Waals surface area contributed by atoms with Crippen LogP contribution in [0, 0.1) is 5.92 Å². The quantitative estimate of drug-likeness (QED) is 0.874. The lowest BCUT2D eigenvalue weighted by atomic mass is 10.00. The van der Waals surface area contributed by atoms with Crippen LogP contribution in [-0.2, 0) is 0 Å². The highest BCUT2D eigenvalue weighted by Crippen LogP contribution is 2.20. The van der Waals surface area contributed by atoms with Crippen molar-refractivity contribution in [3.05, 3.63) is 22.3 Å². The Morgan fingerprint density at radius 1 is 1.60 bits per heavy atom. The number of hydrogen-bond donors (Lipinski definition) is 2. The summed E-state index contributed by atoms with van der Waals surface area (Å²) in [6.07, 6.45) is 4.06. The van der Waals surface area contributed by atoms with Gasteiger partial charge in [0, 0.05) is 31.3 Å². The fraction of sp³-hybridized carbons (Fsp3) is 0.571. The largest absolute Gasteiger partial charge is 0.362 e. The van der Waals surface area contributed by atoms with Gasteiger partial charge in [-0.1, -0.05) is 0 Å². The fourth-order valence-electron chi connectivity index (χ4n) is 2.39. The molecule has 5 nitrogen and oxygen atoms in total. The molecule has 1 aromatic heterocycles. The second-order valence-electron chi connectivity index (χ2n) is 5.34. The van der Waals surface area contributed by atoms with Crippen molar-refractivity contribution in [3.8, 4) is 0 Å². The Kier molecular flexibility index (Phi) is 5.37. The van der Waals surface area contributed by atoms with Gasteiger partial charge in [-0.05, 0) is 53.8 Å². The highest BCUT2D eigenvalue weighted by Gasteiger charge is 2.18. The average molecular weight is 341 g/mol. The molecule has 1 amide bonds. The molecular weight excluding hydrogens is 320 g/mol. The number of rotatable bonds is 4. The molecular formula is C14H21BrN4O. The Morgan fingerprint density at radius 3 is 3.05 bits per heavy atom. The predicted molar refractivity (Wildman–Crippen MR) is 84.2 cm³/mol. The van der Waals surface area contributed by atoms with E-state index in [2.05, 4.69) is 31.5 Å². The van der Waals surface area contributed by atoms with Crippen molar-refractivity contribution in [2.75, 3.05) is 38.6 Å². The molecule has 1 aliphatic heterocycles. The van der Waals surface area contributed by atoms with Crippen molar-refractivity contribution in [2.45, 2.75) is 12.8 Å². The van der Waals surface area contributed by atoms with E-state index in [1.807, 2.05) is 25.1 Å². The maximum atomic E-state index is 12.3. The third-order valence-corrected chi connectivity index (χ3v) is 3.89. The van der Waals surface area contributed by atoms with Crippen molar-refractivity contribution in [1.29, 1.82) is 0 Å². The van der Waals surface area contributed by atoms with Gasteiger partial charge in [-0.15, -0.1) is 0 Å². The Labute approximate surface area is 128 Å². The number of hydrogen-bond acceptors (Lipinski definition) is 4. The van der Waals surface area contributed by atoms with Crippen molar-refractivity contribution >= 4 is 27.7 Å². The topological polar surface area (TPSA) is 57.3 Å². The summed E-state index contributed by atoms with van der Waals surface area (Å²) < 4.78 is 0.813. The Balaban J connectivity index is 2.02. The Morgan fingerprint density at radius 2 is 2.40 bits per heavy atom. The van der Waals surface area contributed by atoms with E-state index in [1.54, 1.807) is 6.20 Å². The van der Waals surface area contributed by atoms with Crippen molar-refractivity contribution < 1.29 is 4.79 Å². The zero-order valence-corrected chi connectivity index (χ0v) is 13.5. The number of nitrogens with zero attached hydrogens (tertiary/aromatic N) is 2. The third-order valence-electron chi connectivity index (χ3n) is 3.45. The Hall–Kier alpha value is -1.14. The van der Waals surface area contributed by atoms with E-state index < -0.39 is 0 Å². The Bertz CT molecular complexity index is 472. The molecule has 2 heterocycles. The van der Waals surface area contributed by atoms with Crippen LogP contribution in [-0.4, -0.2) is 44.6 Å². The number of aromatic nitrogens is 1. The lowest BCUT2D eigenvalue weighted by molar-refractivity contribution is 0.0945. The molecule has 20 heavy (non-hydrogen) atoms. The van der Waals surface area contributed by atoms with Gasteiger partial charge in [-0.25, -0.2) is 4.98 Å². The number of amides is 1. The van der Waals surface area contributed by atoms with Crippen LogP contribution in [0.25, 0.3) is 0 Å². The standard InChI is InChI=1S/C14H21BrN4O/c1-19(2)13-12(6-11(15)9-17-13)14(20)18-8-10-4-3-5-16-7-10/h6,9-10,16H,3-5,7-8H2,1-2H3,(H,18,20). The van der Waals surface area contributed by atoms with Crippen LogP contribution in [0.2, 0.25) is 0 Å². The second kappa shape index (κ2) is 7.04. The number of anilines is 1. The van der Waals surface area contributed by atoms with Crippen LogP contribution in [0.15, 0.2) is 16.7 Å². The molecule has 1 aliphatic rings. The number of halogens is 1. The summed E-state index contributed by atoms with van der Waals surface area (Å²) in [5, 5.41) is 6.38. The van der Waals surface area contributed by atoms with E-state index in [9.17, 15) is 4.79 Å². The molecule has 0 radical (unpaired) electrons. The molecule has 1 unspecified atom stereocenters. The van der Waals surface area contributed by atoms with Gasteiger partial charge in [0.1, 0.15) is 5.82 Å². The summed E-state index contributed by atoms with van der Waals surface area (Å²) in [4.78, 5) is 18.5. The third kappa shape index (κ3) is 3.93. The molecule has 0 bridgehead atoms. The molecule has 1 atom stereocenters. The molecule has 1 aromatic rings. The van der Waals surface area contributed by atoms with Crippen LogP contribution in [0.4, 0.5) is 5.82 Å². The first-order chi connectivity index (χ1) is 9.58. The monoisotopic (exact) mass is 340 g/mol. The van der Waals surface area contributed by atoms with Crippen LogP contribution >= 0.6 is 15.9 Å². The SMILES string of the molecule is CN(C)c1ncc(Br)cc1C(=O)NCC1CCCNC1. The molecule has 1 saturated heterocycles. The zero-order valence-electron chi connectivity index (χ0n) is 11.9. The van der Waals surface area contributed by atoms with E-state index in [1.165, 1.54) is 12.8 Å². The summed E-state index contributed by atoms with van der Waals surface area (Å²) in [6, 6.07) is 1.82. The number of carbonyl (C=O) groups is 1. The highest BCUT2D eigenvalue weighted by molar-refractivity contribution is 9.10. The number of pyridine rings is 1. The minimum atomic E-state index is -0.0620. The molecule has 0 aliphatic carbocycles. The van der Waals surface area contributed by atoms with Crippen molar-refractivity contribution in [2.24, 2.45) is 5.92 Å². The lowest BCUT2D eigenvalue weighted by Crippen LogP contribution is -2.38. The van der Waals surface area contributed by atoms with E-state index >= 15 is 0 Å². The van der Waals surface area contributed by atoms with Crippen molar-refractivity contribution in [1.82, 2.24) is 15.6 Å². The smallest absolute Gasteiger partial charge is 0.255 e. The first kappa shape index (κ1) is 15.3. The highest BCUT2D eigenvalue weighted by atomic mass is 79.9. The van der Waals surface area contributed by atoms with Gasteiger partial charge >= 0.3 is 0 Å². The molecule has 0 spiro atoms. The number of nitrogens with one attached hydrogen (secondary N) is 2. The maximum Gasteiger partial charge on any atom is 0.255 e. The number of piperidine rings is 1. The average Bonchev–Trinajstić information content (AvgIpc) is 2.45. The second-order valence-corrected chi connectivity index (χ2v) is 6.26. The minimum Gasteiger partial charge on any atom is -0.362 e. The van der Waals surface area contributed by atoms with Crippen LogP contribution in [0.3, 0.4) is 0 Å². The van der Waals surface area contributed by atoms with Gasteiger partial charge in [0.15, 0.2) is 0 Å². The molecule has 0 aromatic carbocycles. The normalized spacial score (nSPS) is 18.6. The first-order valence-corrected chi connectivity index (χ1v) is 7.69. The molecule has 2 rings (SSSR count). The van der Waals surface area contributed by atoms with Crippen LogP contribution in [0.5, 0.6) is 0 Å². The molecule has 0 saturated carbocycles. The zero-order chi connectivity index (χ0) is 14.5. The summed E-state index contributed by atoms with van der Waals surface area (Å²) in [5.41, 5.74) is 0.605. The maximum absolute atomic E-state index is 12.3. The van der Waals surface area contributed by atoms with Gasteiger partial charge in [0.25, 0.3) is 5.91 Å². The van der Waals surface area contributed by atoms with E-state index in [-0.39, 0.29) is 5.91 Å². The van der Waals surface area contributed by atoms with E-state index in [0.29, 0.717) is 23.8 Å². The molecule has 110 valence electrons. The van der Waals surface area contributed by atoms with Crippen LogP contribution in [0.1, 0.15) is 23.2 Å². The van der Waals surface area contributed by atoms with E-state index in [0.717, 1.165) is 17.6 Å². The molecule has 6 heteroatoms. The van der Waals surface area contributed by atoms with Crippen LogP contribution < -0.4 is 15.5 Å². The van der Waals surface area contributed by atoms with Gasteiger partial charge < -0.3 is 15.5 Å².